The first kappa shape index (κ1) is 24.0. The Bertz CT molecular complexity index is 1250. The molecule has 0 saturated heterocycles. The van der Waals surface area contributed by atoms with Crippen molar-refractivity contribution in [3.63, 3.8) is 0 Å². The highest BCUT2D eigenvalue weighted by molar-refractivity contribution is 7.92. The molecule has 4 rings (SSSR count). The summed E-state index contributed by atoms with van der Waals surface area (Å²) in [7, 11) is -3.93. The Morgan fingerprint density at radius 2 is 1.68 bits per heavy atom. The molecule has 178 valence electrons. The van der Waals surface area contributed by atoms with E-state index in [-0.39, 0.29) is 23.4 Å². The topological polar surface area (TPSA) is 66.5 Å². The molecular weight excluding hydrogens is 444 g/mol. The van der Waals surface area contributed by atoms with Gasteiger partial charge in [0.05, 0.1) is 16.6 Å². The van der Waals surface area contributed by atoms with Gasteiger partial charge in [-0.3, -0.25) is 9.10 Å². The number of benzene rings is 3. The number of amides is 1. The van der Waals surface area contributed by atoms with E-state index in [4.69, 9.17) is 0 Å². The zero-order valence-corrected chi connectivity index (χ0v) is 20.8. The van der Waals surface area contributed by atoms with E-state index in [2.05, 4.69) is 25.2 Å². The Balaban J connectivity index is 1.63. The Hall–Kier alpha value is -3.12. The van der Waals surface area contributed by atoms with E-state index in [1.165, 1.54) is 9.87 Å². The zero-order valence-electron chi connectivity index (χ0n) is 20.0. The average molecular weight is 477 g/mol. The Kier molecular flexibility index (Phi) is 7.08. The molecule has 0 heterocycles. The van der Waals surface area contributed by atoms with Crippen molar-refractivity contribution in [2.24, 2.45) is 0 Å². The number of sulfonamides is 1. The van der Waals surface area contributed by atoms with Crippen molar-refractivity contribution in [3.8, 4) is 0 Å². The van der Waals surface area contributed by atoms with Gasteiger partial charge in [-0.05, 0) is 73.1 Å². The number of aryl methyl sites for hydroxylation is 2. The van der Waals surface area contributed by atoms with Crippen LogP contribution >= 0.6 is 0 Å². The quantitative estimate of drug-likeness (QED) is 0.489. The highest BCUT2D eigenvalue weighted by atomic mass is 32.2. The molecule has 0 aliphatic heterocycles. The van der Waals surface area contributed by atoms with Crippen molar-refractivity contribution in [2.75, 3.05) is 10.8 Å². The second-order valence-electron chi connectivity index (χ2n) is 9.28. The first-order valence-corrected chi connectivity index (χ1v) is 13.3. The van der Waals surface area contributed by atoms with Crippen LogP contribution in [0, 0.1) is 6.92 Å². The lowest BCUT2D eigenvalue weighted by Crippen LogP contribution is -2.42. The highest BCUT2D eigenvalue weighted by Crippen LogP contribution is 2.30. The molecule has 0 spiro atoms. The highest BCUT2D eigenvalue weighted by Gasteiger charge is 2.29. The van der Waals surface area contributed by atoms with Crippen LogP contribution in [-0.2, 0) is 21.2 Å². The normalized spacial score (nSPS) is 15.6. The fourth-order valence-corrected chi connectivity index (χ4v) is 5.87. The molecule has 0 fully saturated rings. The molecule has 3 aromatic carbocycles. The lowest BCUT2D eigenvalue weighted by atomic mass is 9.88. The molecule has 0 unspecified atom stereocenters. The number of anilines is 1. The SMILES string of the molecule is Cc1ccc(S(=O)(=O)N(CC(=O)N[C@@H]2CCCc3ccccc32)c2ccc(C(C)C)cc2)cc1. The monoisotopic (exact) mass is 476 g/mol. The van der Waals surface area contributed by atoms with Gasteiger partial charge in [0.15, 0.2) is 0 Å². The largest absolute Gasteiger partial charge is 0.348 e. The standard InChI is InChI=1S/C28H32N2O3S/c1-20(2)22-13-15-24(16-14-22)30(34(32,33)25-17-11-21(3)12-18-25)19-28(31)29-27-10-6-8-23-7-4-5-9-26(23)27/h4-5,7,9,11-18,20,27H,6,8,10,19H2,1-3H3,(H,29,31)/t27-/m1/s1. The molecular formula is C28H32N2O3S. The molecule has 6 heteroatoms. The van der Waals surface area contributed by atoms with Crippen LogP contribution in [-0.4, -0.2) is 20.9 Å². The van der Waals surface area contributed by atoms with E-state index in [0.29, 0.717) is 11.6 Å². The van der Waals surface area contributed by atoms with Crippen LogP contribution in [0.1, 0.15) is 60.9 Å². The predicted octanol–water partition coefficient (Wildman–Crippen LogP) is 5.51. The third kappa shape index (κ3) is 5.17. The zero-order chi connectivity index (χ0) is 24.3. The number of hydrogen-bond donors (Lipinski definition) is 1. The summed E-state index contributed by atoms with van der Waals surface area (Å²) < 4.78 is 28.5. The van der Waals surface area contributed by atoms with E-state index in [1.807, 2.05) is 37.3 Å². The van der Waals surface area contributed by atoms with Gasteiger partial charge < -0.3 is 5.32 Å². The van der Waals surface area contributed by atoms with E-state index in [1.54, 1.807) is 36.4 Å². The third-order valence-electron chi connectivity index (χ3n) is 6.45. The maximum Gasteiger partial charge on any atom is 0.264 e. The minimum atomic E-state index is -3.93. The summed E-state index contributed by atoms with van der Waals surface area (Å²) in [4.78, 5) is 13.4. The van der Waals surface area contributed by atoms with Crippen molar-refractivity contribution in [2.45, 2.75) is 56.9 Å². The number of rotatable bonds is 7. The second-order valence-corrected chi connectivity index (χ2v) is 11.1. The molecule has 1 aliphatic rings. The Morgan fingerprint density at radius 1 is 1.00 bits per heavy atom. The molecule has 0 bridgehead atoms. The minimum absolute atomic E-state index is 0.107. The van der Waals surface area contributed by atoms with E-state index in [0.717, 1.165) is 36.0 Å². The first-order chi connectivity index (χ1) is 16.3. The Labute approximate surface area is 202 Å². The van der Waals surface area contributed by atoms with Crippen LogP contribution in [0.25, 0.3) is 0 Å². The average Bonchev–Trinajstić information content (AvgIpc) is 2.83. The second kappa shape index (κ2) is 10.0. The molecule has 0 aromatic heterocycles. The summed E-state index contributed by atoms with van der Waals surface area (Å²) in [5.74, 6) is 0.0104. The van der Waals surface area contributed by atoms with Gasteiger partial charge in [-0.15, -0.1) is 0 Å². The number of hydrogen-bond acceptors (Lipinski definition) is 3. The van der Waals surface area contributed by atoms with Gasteiger partial charge in [0, 0.05) is 0 Å². The van der Waals surface area contributed by atoms with E-state index >= 15 is 0 Å². The van der Waals surface area contributed by atoms with Gasteiger partial charge in [0.1, 0.15) is 6.54 Å². The van der Waals surface area contributed by atoms with Crippen LogP contribution in [0.3, 0.4) is 0 Å². The summed E-state index contributed by atoms with van der Waals surface area (Å²) in [5.41, 5.74) is 4.92. The van der Waals surface area contributed by atoms with Gasteiger partial charge in [0.2, 0.25) is 5.91 Å². The van der Waals surface area contributed by atoms with Crippen LogP contribution in [0.15, 0.2) is 77.7 Å². The van der Waals surface area contributed by atoms with Gasteiger partial charge in [0.25, 0.3) is 10.0 Å². The van der Waals surface area contributed by atoms with Gasteiger partial charge in [-0.1, -0.05) is 67.9 Å². The molecule has 1 amide bonds. The fourth-order valence-electron chi connectivity index (χ4n) is 4.45. The van der Waals surface area contributed by atoms with Crippen LogP contribution in [0.5, 0.6) is 0 Å². The molecule has 5 nitrogen and oxygen atoms in total. The number of fused-ring (bicyclic) bond motifs is 1. The Morgan fingerprint density at radius 3 is 2.35 bits per heavy atom. The lowest BCUT2D eigenvalue weighted by molar-refractivity contribution is -0.120. The number of carbonyl (C=O) groups is 1. The van der Waals surface area contributed by atoms with Crippen LogP contribution in [0.4, 0.5) is 5.69 Å². The fraction of sp³-hybridized carbons (Fsp3) is 0.321. The van der Waals surface area contributed by atoms with Gasteiger partial charge in [-0.25, -0.2) is 8.42 Å². The van der Waals surface area contributed by atoms with E-state index in [9.17, 15) is 13.2 Å². The summed E-state index contributed by atoms with van der Waals surface area (Å²) in [6, 6.07) is 22.2. The van der Waals surface area contributed by atoms with Crippen molar-refractivity contribution >= 4 is 21.6 Å². The molecule has 0 saturated carbocycles. The van der Waals surface area contributed by atoms with Gasteiger partial charge in [-0.2, -0.15) is 0 Å². The van der Waals surface area contributed by atoms with Gasteiger partial charge >= 0.3 is 0 Å². The lowest BCUT2D eigenvalue weighted by Gasteiger charge is -2.29. The summed E-state index contributed by atoms with van der Waals surface area (Å²) >= 11 is 0. The maximum atomic E-state index is 13.6. The molecule has 0 radical (unpaired) electrons. The molecule has 1 atom stereocenters. The van der Waals surface area contributed by atoms with Crippen LogP contribution in [0.2, 0.25) is 0 Å². The smallest absolute Gasteiger partial charge is 0.264 e. The van der Waals surface area contributed by atoms with Crippen molar-refractivity contribution < 1.29 is 13.2 Å². The van der Waals surface area contributed by atoms with E-state index < -0.39 is 10.0 Å². The summed E-state index contributed by atoms with van der Waals surface area (Å²) in [5, 5.41) is 3.09. The number of nitrogens with one attached hydrogen (secondary N) is 1. The number of nitrogens with zero attached hydrogens (tertiary/aromatic N) is 1. The van der Waals surface area contributed by atoms with Crippen molar-refractivity contribution in [3.05, 3.63) is 95.1 Å². The first-order valence-electron chi connectivity index (χ1n) is 11.8. The van der Waals surface area contributed by atoms with Crippen molar-refractivity contribution in [1.82, 2.24) is 5.32 Å². The molecule has 1 aliphatic carbocycles. The number of carbonyl (C=O) groups excluding carboxylic acids is 1. The van der Waals surface area contributed by atoms with Crippen molar-refractivity contribution in [1.29, 1.82) is 0 Å². The molecule has 1 N–H and O–H groups in total. The minimum Gasteiger partial charge on any atom is -0.348 e. The summed E-state index contributed by atoms with van der Waals surface area (Å²) in [6.45, 7) is 5.81. The molecule has 34 heavy (non-hydrogen) atoms. The summed E-state index contributed by atoms with van der Waals surface area (Å²) in [6.07, 6.45) is 2.83. The predicted molar refractivity (Wildman–Crippen MR) is 137 cm³/mol. The molecule has 3 aromatic rings. The third-order valence-corrected chi connectivity index (χ3v) is 8.24. The maximum absolute atomic E-state index is 13.6. The van der Waals surface area contributed by atoms with Crippen LogP contribution < -0.4 is 9.62 Å².